The van der Waals surface area contributed by atoms with Crippen LogP contribution in [0.5, 0.6) is 0 Å². The van der Waals surface area contributed by atoms with Crippen LogP contribution >= 0.6 is 0 Å². The van der Waals surface area contributed by atoms with Crippen LogP contribution in [0.2, 0.25) is 0 Å². The van der Waals surface area contributed by atoms with Crippen molar-refractivity contribution in [2.24, 2.45) is 7.05 Å². The molecule has 1 aromatic carbocycles. The minimum Gasteiger partial charge on any atom is -0.478 e. The minimum atomic E-state index is -0.894. The topological polar surface area (TPSA) is 67.2 Å². The number of hydrogen-bond acceptors (Lipinski definition) is 3. The minimum absolute atomic E-state index is 0.0131. The van der Waals surface area contributed by atoms with Gasteiger partial charge in [0.15, 0.2) is 0 Å². The summed E-state index contributed by atoms with van der Waals surface area (Å²) in [6.45, 7) is 5.60. The first-order valence-electron chi connectivity index (χ1n) is 8.54. The van der Waals surface area contributed by atoms with Crippen LogP contribution in [0.1, 0.15) is 51.4 Å². The molecule has 1 aliphatic carbocycles. The number of hydrogen-bond donors (Lipinski definition) is 2. The number of imidazole rings is 1. The van der Waals surface area contributed by atoms with Gasteiger partial charge >= 0.3 is 5.97 Å². The first-order chi connectivity index (χ1) is 11.5. The molecule has 1 fully saturated rings. The molecule has 0 spiro atoms. The molecule has 1 aliphatic rings. The maximum atomic E-state index is 11.0. The molecule has 0 bridgehead atoms. The van der Waals surface area contributed by atoms with Crippen molar-refractivity contribution in [2.75, 3.05) is 7.05 Å². The van der Waals surface area contributed by atoms with Gasteiger partial charge < -0.3 is 15.0 Å². The monoisotopic (exact) mass is 329 g/mol. The highest BCUT2D eigenvalue weighted by Gasteiger charge is 2.40. The fourth-order valence-electron chi connectivity index (χ4n) is 3.15. The van der Waals surface area contributed by atoms with E-state index in [0.29, 0.717) is 5.57 Å². The predicted octanol–water partition coefficient (Wildman–Crippen LogP) is 3.69. The summed E-state index contributed by atoms with van der Waals surface area (Å²) in [4.78, 5) is 15.8. The first kappa shape index (κ1) is 18.2. The summed E-state index contributed by atoms with van der Waals surface area (Å²) in [6.07, 6.45) is 5.11. The van der Waals surface area contributed by atoms with Crippen molar-refractivity contribution in [3.05, 3.63) is 35.2 Å². The van der Waals surface area contributed by atoms with Crippen LogP contribution in [0.4, 0.5) is 0 Å². The maximum absolute atomic E-state index is 11.0. The van der Waals surface area contributed by atoms with E-state index in [9.17, 15) is 4.79 Å². The normalized spacial score (nSPS) is 16.3. The van der Waals surface area contributed by atoms with Gasteiger partial charge in [-0.05, 0) is 57.0 Å². The SMILES string of the molecule is CC.CNC1(c2nc3ccc(/C=C(\C)C(=O)O)cc3n2C)CCC1. The molecule has 2 aromatic rings. The van der Waals surface area contributed by atoms with Crippen molar-refractivity contribution in [2.45, 2.75) is 45.6 Å². The van der Waals surface area contributed by atoms with Crippen molar-refractivity contribution in [3.8, 4) is 0 Å². The number of fused-ring (bicyclic) bond motifs is 1. The molecular formula is C19H27N3O2. The molecule has 130 valence electrons. The maximum Gasteiger partial charge on any atom is 0.331 e. The molecule has 0 atom stereocenters. The van der Waals surface area contributed by atoms with Gasteiger partial charge in [-0.15, -0.1) is 0 Å². The molecule has 3 rings (SSSR count). The van der Waals surface area contributed by atoms with E-state index in [1.165, 1.54) is 6.42 Å². The molecule has 1 aromatic heterocycles. The molecule has 0 amide bonds. The number of nitrogens with zero attached hydrogens (tertiary/aromatic N) is 2. The predicted molar refractivity (Wildman–Crippen MR) is 97.9 cm³/mol. The van der Waals surface area contributed by atoms with E-state index >= 15 is 0 Å². The van der Waals surface area contributed by atoms with E-state index in [1.54, 1.807) is 13.0 Å². The van der Waals surface area contributed by atoms with Crippen LogP contribution in [0.15, 0.2) is 23.8 Å². The fraction of sp³-hybridized carbons (Fsp3) is 0.474. The number of nitrogens with one attached hydrogen (secondary N) is 1. The van der Waals surface area contributed by atoms with Crippen LogP contribution in [-0.2, 0) is 17.4 Å². The molecular weight excluding hydrogens is 302 g/mol. The Morgan fingerprint density at radius 1 is 1.38 bits per heavy atom. The lowest BCUT2D eigenvalue weighted by Crippen LogP contribution is -2.47. The van der Waals surface area contributed by atoms with Gasteiger partial charge in [0.05, 0.1) is 16.6 Å². The van der Waals surface area contributed by atoms with E-state index in [1.807, 2.05) is 46.1 Å². The van der Waals surface area contributed by atoms with Crippen molar-refractivity contribution in [1.82, 2.24) is 14.9 Å². The van der Waals surface area contributed by atoms with Gasteiger partial charge in [0.1, 0.15) is 5.82 Å². The molecule has 2 N–H and O–H groups in total. The van der Waals surface area contributed by atoms with E-state index in [4.69, 9.17) is 10.1 Å². The number of aryl methyl sites for hydroxylation is 1. The first-order valence-corrected chi connectivity index (χ1v) is 8.54. The Bertz CT molecular complexity index is 765. The molecule has 5 heteroatoms. The van der Waals surface area contributed by atoms with E-state index in [2.05, 4.69) is 9.88 Å². The number of aromatic nitrogens is 2. The Kier molecular flexibility index (Phi) is 5.44. The summed E-state index contributed by atoms with van der Waals surface area (Å²) in [7, 11) is 4.02. The lowest BCUT2D eigenvalue weighted by molar-refractivity contribution is -0.132. The molecule has 0 saturated heterocycles. The van der Waals surface area contributed by atoms with Crippen LogP contribution in [0.3, 0.4) is 0 Å². The second-order valence-electron chi connectivity index (χ2n) is 6.06. The van der Waals surface area contributed by atoms with E-state index < -0.39 is 5.97 Å². The number of carboxylic acids is 1. The Hall–Kier alpha value is -2.14. The Morgan fingerprint density at radius 3 is 2.54 bits per heavy atom. The standard InChI is InChI=1S/C17H21N3O2.C2H6/c1-11(15(21)22)9-12-5-6-13-14(10-12)20(3)16(19-13)17(18-2)7-4-8-17;1-2/h5-6,9-10,18H,4,7-8H2,1-3H3,(H,21,22);1-2H3/b11-9+;. The third-order valence-corrected chi connectivity index (χ3v) is 4.74. The third-order valence-electron chi connectivity index (χ3n) is 4.74. The van der Waals surface area contributed by atoms with Gasteiger partial charge in [-0.1, -0.05) is 19.9 Å². The molecule has 1 heterocycles. The largest absolute Gasteiger partial charge is 0.478 e. The number of aliphatic carboxylic acids is 1. The van der Waals surface area contributed by atoms with Crippen LogP contribution in [0.25, 0.3) is 17.1 Å². The lowest BCUT2D eigenvalue weighted by atomic mass is 9.76. The Morgan fingerprint density at radius 2 is 2.04 bits per heavy atom. The highest BCUT2D eigenvalue weighted by molar-refractivity contribution is 5.92. The number of carboxylic acid groups (broad SMARTS) is 1. The summed E-state index contributed by atoms with van der Waals surface area (Å²) < 4.78 is 2.12. The molecule has 0 aliphatic heterocycles. The highest BCUT2D eigenvalue weighted by Crippen LogP contribution is 2.41. The average molecular weight is 329 g/mol. The van der Waals surface area contributed by atoms with Crippen molar-refractivity contribution >= 4 is 23.1 Å². The van der Waals surface area contributed by atoms with Gasteiger partial charge in [-0.2, -0.15) is 0 Å². The molecule has 0 unspecified atom stereocenters. The molecule has 0 radical (unpaired) electrons. The quantitative estimate of drug-likeness (QED) is 0.840. The zero-order chi connectivity index (χ0) is 17.9. The lowest BCUT2D eigenvalue weighted by Gasteiger charge is -2.40. The second-order valence-corrected chi connectivity index (χ2v) is 6.06. The summed E-state index contributed by atoms with van der Waals surface area (Å²) in [5.41, 5.74) is 3.18. The summed E-state index contributed by atoms with van der Waals surface area (Å²) in [6, 6.07) is 5.88. The Labute approximate surface area is 143 Å². The average Bonchev–Trinajstić information content (AvgIpc) is 2.86. The Balaban J connectivity index is 0.00000100. The molecule has 1 saturated carbocycles. The second kappa shape index (κ2) is 7.18. The highest BCUT2D eigenvalue weighted by atomic mass is 16.4. The van der Waals surface area contributed by atoms with Gasteiger partial charge in [-0.25, -0.2) is 9.78 Å². The molecule has 5 nitrogen and oxygen atoms in total. The van der Waals surface area contributed by atoms with Crippen molar-refractivity contribution in [1.29, 1.82) is 0 Å². The fourth-order valence-corrected chi connectivity index (χ4v) is 3.15. The van der Waals surface area contributed by atoms with E-state index in [-0.39, 0.29) is 5.54 Å². The van der Waals surface area contributed by atoms with Crippen molar-refractivity contribution in [3.63, 3.8) is 0 Å². The van der Waals surface area contributed by atoms with Gasteiger partial charge in [0.2, 0.25) is 0 Å². The van der Waals surface area contributed by atoms with Crippen molar-refractivity contribution < 1.29 is 9.90 Å². The summed E-state index contributed by atoms with van der Waals surface area (Å²) in [5, 5.41) is 12.4. The van der Waals surface area contributed by atoms with Gasteiger partial charge in [-0.3, -0.25) is 0 Å². The molecule has 24 heavy (non-hydrogen) atoms. The van der Waals surface area contributed by atoms with Crippen LogP contribution < -0.4 is 5.32 Å². The summed E-state index contributed by atoms with van der Waals surface area (Å²) in [5.74, 6) is 0.168. The number of benzene rings is 1. The number of rotatable bonds is 4. The zero-order valence-electron chi connectivity index (χ0n) is 15.2. The third kappa shape index (κ3) is 3.08. The number of carbonyl (C=O) groups is 1. The van der Waals surface area contributed by atoms with Gasteiger partial charge in [0.25, 0.3) is 0 Å². The van der Waals surface area contributed by atoms with Gasteiger partial charge in [0, 0.05) is 12.6 Å². The van der Waals surface area contributed by atoms with E-state index in [0.717, 1.165) is 35.3 Å². The van der Waals surface area contributed by atoms with Crippen LogP contribution in [-0.4, -0.2) is 27.7 Å². The summed E-state index contributed by atoms with van der Waals surface area (Å²) >= 11 is 0. The smallest absolute Gasteiger partial charge is 0.331 e. The van der Waals surface area contributed by atoms with Crippen LogP contribution in [0, 0.1) is 0 Å². The zero-order valence-corrected chi connectivity index (χ0v) is 15.2.